The molecule has 2 aromatic carbocycles. The van der Waals surface area contributed by atoms with Gasteiger partial charge in [0.1, 0.15) is 0 Å². The summed E-state index contributed by atoms with van der Waals surface area (Å²) in [6.07, 6.45) is 0.406. The second-order valence-electron chi connectivity index (χ2n) is 4.75. The van der Waals surface area contributed by atoms with Gasteiger partial charge in [0.2, 0.25) is 5.91 Å². The predicted molar refractivity (Wildman–Crippen MR) is 87.1 cm³/mol. The van der Waals surface area contributed by atoms with E-state index in [1.165, 1.54) is 0 Å². The largest absolute Gasteiger partial charge is 0.312 e. The minimum atomic E-state index is 0.116. The summed E-state index contributed by atoms with van der Waals surface area (Å²) in [6, 6.07) is 15.9. The molecule has 3 heteroatoms. The maximum atomic E-state index is 12.5. The fraction of sp³-hybridized carbons (Fsp3) is 0.235. The van der Waals surface area contributed by atoms with Crippen LogP contribution >= 0.6 is 15.9 Å². The molecule has 0 saturated carbocycles. The first-order valence-electron chi connectivity index (χ1n) is 6.72. The summed E-state index contributed by atoms with van der Waals surface area (Å²) in [5, 5.41) is 0. The van der Waals surface area contributed by atoms with Gasteiger partial charge in [-0.25, -0.2) is 0 Å². The van der Waals surface area contributed by atoms with Crippen molar-refractivity contribution in [3.63, 3.8) is 0 Å². The minimum absolute atomic E-state index is 0.116. The number of rotatable bonds is 4. The lowest BCUT2D eigenvalue weighted by atomic mass is 10.1. The van der Waals surface area contributed by atoms with E-state index < -0.39 is 0 Å². The fourth-order valence-corrected chi connectivity index (χ4v) is 2.62. The second kappa shape index (κ2) is 6.71. The van der Waals surface area contributed by atoms with Gasteiger partial charge in [0.05, 0.1) is 6.42 Å². The van der Waals surface area contributed by atoms with Gasteiger partial charge < -0.3 is 4.90 Å². The van der Waals surface area contributed by atoms with E-state index in [1.54, 1.807) is 0 Å². The van der Waals surface area contributed by atoms with E-state index in [1.807, 2.05) is 67.3 Å². The lowest BCUT2D eigenvalue weighted by Crippen LogP contribution is -2.32. The molecule has 0 heterocycles. The highest BCUT2D eigenvalue weighted by molar-refractivity contribution is 9.10. The van der Waals surface area contributed by atoms with Crippen molar-refractivity contribution < 1.29 is 4.79 Å². The van der Waals surface area contributed by atoms with Crippen molar-refractivity contribution in [1.82, 2.24) is 0 Å². The van der Waals surface area contributed by atoms with Gasteiger partial charge in [-0.2, -0.15) is 0 Å². The number of carbonyl (C=O) groups excluding carboxylic acids is 1. The zero-order valence-corrected chi connectivity index (χ0v) is 13.4. The summed E-state index contributed by atoms with van der Waals surface area (Å²) in [7, 11) is 0. The molecular formula is C17H18BrNO. The standard InChI is InChI=1S/C17H18BrNO/c1-3-19(15-9-6-7-13(2)11-15)17(20)12-14-8-4-5-10-16(14)18/h4-11H,3,12H2,1-2H3. The molecule has 0 radical (unpaired) electrons. The van der Waals surface area contributed by atoms with Crippen LogP contribution in [0.3, 0.4) is 0 Å². The van der Waals surface area contributed by atoms with Crippen LogP contribution in [-0.2, 0) is 11.2 Å². The normalized spacial score (nSPS) is 10.3. The summed E-state index contributed by atoms with van der Waals surface area (Å²) < 4.78 is 0.980. The lowest BCUT2D eigenvalue weighted by Gasteiger charge is -2.22. The van der Waals surface area contributed by atoms with Crippen molar-refractivity contribution in [1.29, 1.82) is 0 Å². The average Bonchev–Trinajstić information content (AvgIpc) is 2.42. The van der Waals surface area contributed by atoms with E-state index in [-0.39, 0.29) is 5.91 Å². The molecule has 2 aromatic rings. The topological polar surface area (TPSA) is 20.3 Å². The number of amides is 1. The Bertz CT molecular complexity index is 609. The lowest BCUT2D eigenvalue weighted by molar-refractivity contribution is -0.117. The molecule has 20 heavy (non-hydrogen) atoms. The third kappa shape index (κ3) is 3.48. The number of hydrogen-bond acceptors (Lipinski definition) is 1. The number of likely N-dealkylation sites (N-methyl/N-ethyl adjacent to an activating group) is 1. The van der Waals surface area contributed by atoms with Crippen LogP contribution in [0.15, 0.2) is 53.0 Å². The van der Waals surface area contributed by atoms with Crippen molar-refractivity contribution >= 4 is 27.5 Å². The van der Waals surface area contributed by atoms with Crippen molar-refractivity contribution in [2.75, 3.05) is 11.4 Å². The maximum Gasteiger partial charge on any atom is 0.231 e. The molecule has 0 aliphatic carbocycles. The van der Waals surface area contributed by atoms with Gasteiger partial charge in [-0.05, 0) is 43.2 Å². The summed E-state index contributed by atoms with van der Waals surface area (Å²) in [6.45, 7) is 4.71. The van der Waals surface area contributed by atoms with Crippen molar-refractivity contribution in [3.05, 3.63) is 64.1 Å². The molecule has 0 N–H and O–H groups in total. The average molecular weight is 332 g/mol. The molecule has 1 amide bonds. The number of nitrogens with zero attached hydrogens (tertiary/aromatic N) is 1. The van der Waals surface area contributed by atoms with Crippen molar-refractivity contribution in [2.45, 2.75) is 20.3 Å². The summed E-state index contributed by atoms with van der Waals surface area (Å²) in [4.78, 5) is 14.3. The Morgan fingerprint density at radius 1 is 1.15 bits per heavy atom. The monoisotopic (exact) mass is 331 g/mol. The third-order valence-electron chi connectivity index (χ3n) is 3.23. The molecular weight excluding hydrogens is 314 g/mol. The first-order valence-corrected chi connectivity index (χ1v) is 7.51. The molecule has 0 saturated heterocycles. The Balaban J connectivity index is 2.20. The zero-order chi connectivity index (χ0) is 14.5. The quantitative estimate of drug-likeness (QED) is 0.815. The van der Waals surface area contributed by atoms with E-state index in [2.05, 4.69) is 15.9 Å². The Hall–Kier alpha value is -1.61. The molecule has 0 bridgehead atoms. The van der Waals surface area contributed by atoms with Gasteiger partial charge in [-0.15, -0.1) is 0 Å². The van der Waals surface area contributed by atoms with Gasteiger partial charge in [0.25, 0.3) is 0 Å². The SMILES string of the molecule is CCN(C(=O)Cc1ccccc1Br)c1cccc(C)c1. The van der Waals surface area contributed by atoms with Crippen LogP contribution < -0.4 is 4.90 Å². The number of benzene rings is 2. The van der Waals surface area contributed by atoms with E-state index in [4.69, 9.17) is 0 Å². The fourth-order valence-electron chi connectivity index (χ4n) is 2.20. The molecule has 2 nitrogen and oxygen atoms in total. The molecule has 2 rings (SSSR count). The molecule has 0 aliphatic heterocycles. The van der Waals surface area contributed by atoms with Crippen LogP contribution in [-0.4, -0.2) is 12.5 Å². The van der Waals surface area contributed by atoms with Crippen LogP contribution in [0, 0.1) is 6.92 Å². The van der Waals surface area contributed by atoms with Crippen LogP contribution in [0.4, 0.5) is 5.69 Å². The second-order valence-corrected chi connectivity index (χ2v) is 5.60. The van der Waals surface area contributed by atoms with E-state index in [0.29, 0.717) is 13.0 Å². The molecule has 0 aromatic heterocycles. The van der Waals surface area contributed by atoms with Crippen LogP contribution in [0.25, 0.3) is 0 Å². The number of anilines is 1. The Labute approximate surface area is 128 Å². The molecule has 0 aliphatic rings. The summed E-state index contributed by atoms with van der Waals surface area (Å²) in [5.41, 5.74) is 3.14. The zero-order valence-electron chi connectivity index (χ0n) is 11.8. The Morgan fingerprint density at radius 2 is 1.90 bits per heavy atom. The molecule has 0 atom stereocenters. The Morgan fingerprint density at radius 3 is 2.55 bits per heavy atom. The highest BCUT2D eigenvalue weighted by atomic mass is 79.9. The minimum Gasteiger partial charge on any atom is -0.312 e. The van der Waals surface area contributed by atoms with Gasteiger partial charge in [0.15, 0.2) is 0 Å². The third-order valence-corrected chi connectivity index (χ3v) is 4.00. The first kappa shape index (κ1) is 14.8. The van der Waals surface area contributed by atoms with Gasteiger partial charge in [-0.1, -0.05) is 46.3 Å². The number of carbonyl (C=O) groups is 1. The van der Waals surface area contributed by atoms with Gasteiger partial charge in [0, 0.05) is 16.7 Å². The van der Waals surface area contributed by atoms with Gasteiger partial charge >= 0.3 is 0 Å². The van der Waals surface area contributed by atoms with Crippen LogP contribution in [0.5, 0.6) is 0 Å². The highest BCUT2D eigenvalue weighted by Crippen LogP contribution is 2.20. The Kier molecular flexibility index (Phi) is 4.96. The smallest absolute Gasteiger partial charge is 0.231 e. The molecule has 104 valence electrons. The molecule has 0 fully saturated rings. The van der Waals surface area contributed by atoms with Crippen molar-refractivity contribution in [3.8, 4) is 0 Å². The van der Waals surface area contributed by atoms with Crippen LogP contribution in [0.2, 0.25) is 0 Å². The van der Waals surface area contributed by atoms with E-state index >= 15 is 0 Å². The molecule has 0 unspecified atom stereocenters. The molecule has 0 spiro atoms. The van der Waals surface area contributed by atoms with E-state index in [9.17, 15) is 4.79 Å². The summed E-state index contributed by atoms with van der Waals surface area (Å²) >= 11 is 3.49. The van der Waals surface area contributed by atoms with Gasteiger partial charge in [-0.3, -0.25) is 4.79 Å². The summed E-state index contributed by atoms with van der Waals surface area (Å²) in [5.74, 6) is 0.116. The first-order chi connectivity index (χ1) is 9.61. The maximum absolute atomic E-state index is 12.5. The highest BCUT2D eigenvalue weighted by Gasteiger charge is 2.15. The number of hydrogen-bond donors (Lipinski definition) is 0. The van der Waals surface area contributed by atoms with Crippen molar-refractivity contribution in [2.24, 2.45) is 0 Å². The number of aryl methyl sites for hydroxylation is 1. The number of halogens is 1. The van der Waals surface area contributed by atoms with Crippen LogP contribution in [0.1, 0.15) is 18.1 Å². The predicted octanol–water partition coefficient (Wildman–Crippen LogP) is 4.35. The van der Waals surface area contributed by atoms with E-state index in [0.717, 1.165) is 21.3 Å².